The fourth-order valence-electron chi connectivity index (χ4n) is 1.79. The van der Waals surface area contributed by atoms with E-state index >= 15 is 0 Å². The highest BCUT2D eigenvalue weighted by atomic mass is 16.5. The molecule has 2 atom stereocenters. The Morgan fingerprint density at radius 1 is 1.62 bits per heavy atom. The van der Waals surface area contributed by atoms with Crippen LogP contribution < -0.4 is 5.73 Å². The predicted molar refractivity (Wildman–Crippen MR) is 54.7 cm³/mol. The van der Waals surface area contributed by atoms with Gasteiger partial charge in [0.15, 0.2) is 0 Å². The number of ether oxygens (including phenoxy) is 1. The zero-order chi connectivity index (χ0) is 10.1. The summed E-state index contributed by atoms with van der Waals surface area (Å²) in [5, 5.41) is 0. The van der Waals surface area contributed by atoms with Crippen LogP contribution in [0.4, 0.5) is 0 Å². The second-order valence-corrected chi connectivity index (χ2v) is 4.68. The maximum atomic E-state index is 5.69. The van der Waals surface area contributed by atoms with Crippen molar-refractivity contribution in [1.29, 1.82) is 0 Å². The van der Waals surface area contributed by atoms with E-state index < -0.39 is 0 Å². The molecule has 1 aliphatic heterocycles. The molecule has 3 heteroatoms. The van der Waals surface area contributed by atoms with Gasteiger partial charge in [0.25, 0.3) is 0 Å². The average Bonchev–Trinajstić information content (AvgIpc) is 2.43. The van der Waals surface area contributed by atoms with Crippen LogP contribution in [0.2, 0.25) is 0 Å². The summed E-state index contributed by atoms with van der Waals surface area (Å²) in [4.78, 5) is 2.33. The molecule has 1 rings (SSSR count). The van der Waals surface area contributed by atoms with Gasteiger partial charge in [-0.25, -0.2) is 0 Å². The van der Waals surface area contributed by atoms with Gasteiger partial charge in [-0.3, -0.25) is 4.90 Å². The molecule has 1 saturated heterocycles. The van der Waals surface area contributed by atoms with Gasteiger partial charge in [0.05, 0.1) is 12.2 Å². The van der Waals surface area contributed by atoms with Crippen molar-refractivity contribution >= 4 is 0 Å². The van der Waals surface area contributed by atoms with Gasteiger partial charge in [-0.2, -0.15) is 0 Å². The second kappa shape index (κ2) is 3.95. The third kappa shape index (κ3) is 2.66. The summed E-state index contributed by atoms with van der Waals surface area (Å²) in [5.41, 5.74) is 5.67. The van der Waals surface area contributed by atoms with Crippen LogP contribution in [0.25, 0.3) is 0 Å². The standard InChI is InChI=1S/C10H22N2O/c1-8(6-11)12(4)9-5-10(2,3)13-7-9/h8-9H,5-7,11H2,1-4H3. The predicted octanol–water partition coefficient (Wildman–Crippen LogP) is 0.833. The van der Waals surface area contributed by atoms with Crippen LogP contribution in [0.3, 0.4) is 0 Å². The van der Waals surface area contributed by atoms with Crippen molar-refractivity contribution in [2.24, 2.45) is 5.73 Å². The molecular weight excluding hydrogens is 164 g/mol. The van der Waals surface area contributed by atoms with Crippen molar-refractivity contribution in [3.05, 3.63) is 0 Å². The minimum absolute atomic E-state index is 0.0489. The van der Waals surface area contributed by atoms with Crippen molar-refractivity contribution in [3.63, 3.8) is 0 Å². The fraction of sp³-hybridized carbons (Fsp3) is 1.00. The lowest BCUT2D eigenvalue weighted by Gasteiger charge is -2.29. The molecule has 0 spiro atoms. The molecule has 3 nitrogen and oxygen atoms in total. The zero-order valence-electron chi connectivity index (χ0n) is 9.21. The van der Waals surface area contributed by atoms with Gasteiger partial charge in [0, 0.05) is 18.6 Å². The number of rotatable bonds is 3. The van der Waals surface area contributed by atoms with Crippen LogP contribution in [-0.4, -0.2) is 42.8 Å². The smallest absolute Gasteiger partial charge is 0.0643 e. The Hall–Kier alpha value is -0.120. The van der Waals surface area contributed by atoms with Crippen molar-refractivity contribution in [1.82, 2.24) is 4.90 Å². The van der Waals surface area contributed by atoms with Crippen LogP contribution in [-0.2, 0) is 4.74 Å². The van der Waals surface area contributed by atoms with E-state index in [9.17, 15) is 0 Å². The van der Waals surface area contributed by atoms with Crippen molar-refractivity contribution in [2.75, 3.05) is 20.2 Å². The van der Waals surface area contributed by atoms with Crippen LogP contribution in [0, 0.1) is 0 Å². The molecular formula is C10H22N2O. The van der Waals surface area contributed by atoms with Gasteiger partial charge in [-0.05, 0) is 34.2 Å². The third-order valence-corrected chi connectivity index (χ3v) is 3.01. The lowest BCUT2D eigenvalue weighted by atomic mass is 10.0. The monoisotopic (exact) mass is 186 g/mol. The second-order valence-electron chi connectivity index (χ2n) is 4.68. The molecule has 0 bridgehead atoms. The molecule has 2 unspecified atom stereocenters. The number of hydrogen-bond acceptors (Lipinski definition) is 3. The van der Waals surface area contributed by atoms with E-state index in [-0.39, 0.29) is 5.60 Å². The van der Waals surface area contributed by atoms with E-state index in [1.807, 2.05) is 0 Å². The number of likely N-dealkylation sites (N-methyl/N-ethyl adjacent to an activating group) is 1. The Balaban J connectivity index is 2.46. The summed E-state index contributed by atoms with van der Waals surface area (Å²) in [6.07, 6.45) is 1.10. The normalized spacial score (nSPS) is 29.5. The van der Waals surface area contributed by atoms with Gasteiger partial charge < -0.3 is 10.5 Å². The van der Waals surface area contributed by atoms with Gasteiger partial charge in [0.2, 0.25) is 0 Å². The van der Waals surface area contributed by atoms with E-state index in [1.165, 1.54) is 0 Å². The quantitative estimate of drug-likeness (QED) is 0.709. The molecule has 1 fully saturated rings. The molecule has 0 aromatic rings. The van der Waals surface area contributed by atoms with E-state index in [4.69, 9.17) is 10.5 Å². The molecule has 1 aliphatic rings. The fourth-order valence-corrected chi connectivity index (χ4v) is 1.79. The highest BCUT2D eigenvalue weighted by Gasteiger charge is 2.34. The Kier molecular flexibility index (Phi) is 3.33. The summed E-state index contributed by atoms with van der Waals surface area (Å²) in [6.45, 7) is 8.01. The SMILES string of the molecule is CC(CN)N(C)C1COC(C)(C)C1. The highest BCUT2D eigenvalue weighted by Crippen LogP contribution is 2.27. The lowest BCUT2D eigenvalue weighted by molar-refractivity contribution is 0.0326. The Bertz CT molecular complexity index is 170. The van der Waals surface area contributed by atoms with Gasteiger partial charge in [-0.15, -0.1) is 0 Å². The van der Waals surface area contributed by atoms with Crippen molar-refractivity contribution < 1.29 is 4.74 Å². The molecule has 2 N–H and O–H groups in total. The van der Waals surface area contributed by atoms with E-state index in [2.05, 4.69) is 32.7 Å². The van der Waals surface area contributed by atoms with E-state index in [0.717, 1.165) is 13.0 Å². The summed E-state index contributed by atoms with van der Waals surface area (Å²) in [7, 11) is 2.13. The first-order valence-electron chi connectivity index (χ1n) is 5.02. The summed E-state index contributed by atoms with van der Waals surface area (Å²) in [6, 6.07) is 0.982. The van der Waals surface area contributed by atoms with Crippen LogP contribution in [0.5, 0.6) is 0 Å². The van der Waals surface area contributed by atoms with Gasteiger partial charge in [0.1, 0.15) is 0 Å². The van der Waals surface area contributed by atoms with E-state index in [0.29, 0.717) is 18.6 Å². The third-order valence-electron chi connectivity index (χ3n) is 3.01. The topological polar surface area (TPSA) is 38.5 Å². The molecule has 0 amide bonds. The first-order chi connectivity index (χ1) is 5.96. The number of hydrogen-bond donors (Lipinski definition) is 1. The largest absolute Gasteiger partial charge is 0.374 e. The first-order valence-corrected chi connectivity index (χ1v) is 5.02. The van der Waals surface area contributed by atoms with Gasteiger partial charge >= 0.3 is 0 Å². The summed E-state index contributed by atoms with van der Waals surface area (Å²) >= 11 is 0. The zero-order valence-corrected chi connectivity index (χ0v) is 9.21. The minimum atomic E-state index is 0.0489. The average molecular weight is 186 g/mol. The molecule has 0 radical (unpaired) electrons. The molecule has 0 aromatic carbocycles. The van der Waals surface area contributed by atoms with Crippen LogP contribution >= 0.6 is 0 Å². The van der Waals surface area contributed by atoms with Crippen molar-refractivity contribution in [2.45, 2.75) is 44.9 Å². The Labute approximate surface area is 81.2 Å². The van der Waals surface area contributed by atoms with Crippen LogP contribution in [0.15, 0.2) is 0 Å². The van der Waals surface area contributed by atoms with Crippen LogP contribution in [0.1, 0.15) is 27.2 Å². The first kappa shape index (κ1) is 11.0. The maximum Gasteiger partial charge on any atom is 0.0643 e. The summed E-state index contributed by atoms with van der Waals surface area (Å²) < 4.78 is 5.69. The summed E-state index contributed by atoms with van der Waals surface area (Å²) in [5.74, 6) is 0. The molecule has 0 aliphatic carbocycles. The van der Waals surface area contributed by atoms with Gasteiger partial charge in [-0.1, -0.05) is 0 Å². The number of nitrogens with zero attached hydrogens (tertiary/aromatic N) is 1. The molecule has 1 heterocycles. The Morgan fingerprint density at radius 3 is 2.62 bits per heavy atom. The molecule has 78 valence electrons. The minimum Gasteiger partial charge on any atom is -0.374 e. The maximum absolute atomic E-state index is 5.69. The molecule has 0 aromatic heterocycles. The highest BCUT2D eigenvalue weighted by molar-refractivity contribution is 4.87. The molecule has 0 saturated carbocycles. The molecule has 13 heavy (non-hydrogen) atoms. The number of nitrogens with two attached hydrogens (primary N) is 1. The van der Waals surface area contributed by atoms with Crippen molar-refractivity contribution in [3.8, 4) is 0 Å². The van der Waals surface area contributed by atoms with E-state index in [1.54, 1.807) is 0 Å². The Morgan fingerprint density at radius 2 is 2.23 bits per heavy atom. The lowest BCUT2D eigenvalue weighted by Crippen LogP contribution is -2.43.